The fourth-order valence-electron chi connectivity index (χ4n) is 1.86. The van der Waals surface area contributed by atoms with Crippen molar-refractivity contribution in [3.8, 4) is 0 Å². The molecule has 5 heteroatoms. The quantitative estimate of drug-likeness (QED) is 0.610. The molecular formula is C15H14FIN2O. The van der Waals surface area contributed by atoms with Gasteiger partial charge in [0.2, 0.25) is 0 Å². The summed E-state index contributed by atoms with van der Waals surface area (Å²) in [5, 5.41) is 2.80. The van der Waals surface area contributed by atoms with Gasteiger partial charge in [0.1, 0.15) is 5.82 Å². The monoisotopic (exact) mass is 384 g/mol. The SMILES string of the molecule is Cc1ccc(N)c(NC(=O)c2ccc(F)cc2I)c1C. The van der Waals surface area contributed by atoms with Gasteiger partial charge in [-0.15, -0.1) is 0 Å². The molecule has 0 bridgehead atoms. The second kappa shape index (κ2) is 5.78. The average molecular weight is 384 g/mol. The fraction of sp³-hybridized carbons (Fsp3) is 0.133. The average Bonchev–Trinajstić information content (AvgIpc) is 2.39. The predicted octanol–water partition coefficient (Wildman–Crippen LogP) is 3.88. The molecule has 0 heterocycles. The second-order valence-corrected chi connectivity index (χ2v) is 5.71. The molecule has 3 N–H and O–H groups in total. The number of nitrogen functional groups attached to an aromatic ring is 1. The van der Waals surface area contributed by atoms with Gasteiger partial charge in [0, 0.05) is 3.57 Å². The third-order valence-electron chi connectivity index (χ3n) is 3.18. The molecule has 2 aromatic carbocycles. The molecule has 0 radical (unpaired) electrons. The number of hydrogen-bond donors (Lipinski definition) is 2. The van der Waals surface area contributed by atoms with Gasteiger partial charge in [-0.1, -0.05) is 6.07 Å². The van der Waals surface area contributed by atoms with Gasteiger partial charge in [-0.3, -0.25) is 4.79 Å². The lowest BCUT2D eigenvalue weighted by atomic mass is 10.1. The molecule has 104 valence electrons. The zero-order valence-corrected chi connectivity index (χ0v) is 13.3. The molecule has 0 aromatic heterocycles. The lowest BCUT2D eigenvalue weighted by Gasteiger charge is -2.14. The molecule has 1 amide bonds. The lowest BCUT2D eigenvalue weighted by Crippen LogP contribution is -2.16. The Bertz CT molecular complexity index is 686. The maximum Gasteiger partial charge on any atom is 0.256 e. The topological polar surface area (TPSA) is 55.1 Å². The molecule has 0 spiro atoms. The summed E-state index contributed by atoms with van der Waals surface area (Å²) in [6.07, 6.45) is 0. The zero-order chi connectivity index (χ0) is 14.9. The van der Waals surface area contributed by atoms with Crippen molar-refractivity contribution in [2.24, 2.45) is 0 Å². The van der Waals surface area contributed by atoms with Gasteiger partial charge in [-0.25, -0.2) is 4.39 Å². The molecule has 2 rings (SSSR count). The van der Waals surface area contributed by atoms with Crippen molar-refractivity contribution in [1.82, 2.24) is 0 Å². The Balaban J connectivity index is 2.35. The van der Waals surface area contributed by atoms with Crippen molar-refractivity contribution in [1.29, 1.82) is 0 Å². The molecule has 0 saturated heterocycles. The Hall–Kier alpha value is -1.63. The van der Waals surface area contributed by atoms with E-state index in [-0.39, 0.29) is 11.7 Å². The summed E-state index contributed by atoms with van der Waals surface area (Å²) in [5.74, 6) is -0.660. The smallest absolute Gasteiger partial charge is 0.256 e. The zero-order valence-electron chi connectivity index (χ0n) is 11.1. The van der Waals surface area contributed by atoms with E-state index < -0.39 is 0 Å². The summed E-state index contributed by atoms with van der Waals surface area (Å²) in [5.41, 5.74) is 9.42. The standard InChI is InChI=1S/C15H14FIN2O/c1-8-3-6-13(18)14(9(8)2)19-15(20)11-5-4-10(16)7-12(11)17/h3-7H,18H2,1-2H3,(H,19,20). The van der Waals surface area contributed by atoms with Crippen molar-refractivity contribution in [3.05, 3.63) is 56.4 Å². The first-order chi connectivity index (χ1) is 9.40. The van der Waals surface area contributed by atoms with Gasteiger partial charge < -0.3 is 11.1 Å². The predicted molar refractivity (Wildman–Crippen MR) is 87.4 cm³/mol. The van der Waals surface area contributed by atoms with Crippen LogP contribution in [-0.4, -0.2) is 5.91 Å². The van der Waals surface area contributed by atoms with Crippen molar-refractivity contribution in [2.45, 2.75) is 13.8 Å². The normalized spacial score (nSPS) is 10.4. The van der Waals surface area contributed by atoms with E-state index in [0.29, 0.717) is 20.5 Å². The Morgan fingerprint density at radius 1 is 1.25 bits per heavy atom. The molecule has 0 aliphatic carbocycles. The van der Waals surface area contributed by atoms with Crippen LogP contribution < -0.4 is 11.1 Å². The van der Waals surface area contributed by atoms with Crippen LogP contribution in [0.25, 0.3) is 0 Å². The van der Waals surface area contributed by atoms with E-state index in [4.69, 9.17) is 5.73 Å². The van der Waals surface area contributed by atoms with E-state index in [1.165, 1.54) is 18.2 Å². The summed E-state index contributed by atoms with van der Waals surface area (Å²) >= 11 is 1.94. The molecule has 2 aromatic rings. The van der Waals surface area contributed by atoms with Crippen LogP contribution in [0.4, 0.5) is 15.8 Å². The van der Waals surface area contributed by atoms with E-state index in [1.807, 2.05) is 42.5 Å². The number of anilines is 2. The summed E-state index contributed by atoms with van der Waals surface area (Å²) in [4.78, 5) is 12.3. The maximum absolute atomic E-state index is 13.1. The highest BCUT2D eigenvalue weighted by Gasteiger charge is 2.14. The lowest BCUT2D eigenvalue weighted by molar-refractivity contribution is 0.102. The molecule has 0 aliphatic rings. The first-order valence-corrected chi connectivity index (χ1v) is 7.10. The van der Waals surface area contributed by atoms with Gasteiger partial charge in [0.25, 0.3) is 5.91 Å². The van der Waals surface area contributed by atoms with Gasteiger partial charge >= 0.3 is 0 Å². The van der Waals surface area contributed by atoms with Crippen molar-refractivity contribution in [2.75, 3.05) is 11.1 Å². The van der Waals surface area contributed by atoms with Crippen LogP contribution in [0.5, 0.6) is 0 Å². The highest BCUT2D eigenvalue weighted by atomic mass is 127. The number of rotatable bonds is 2. The minimum absolute atomic E-state index is 0.296. The number of benzene rings is 2. The molecule has 0 aliphatic heterocycles. The summed E-state index contributed by atoms with van der Waals surface area (Å²) in [6.45, 7) is 3.85. The van der Waals surface area contributed by atoms with Crippen LogP contribution in [0.3, 0.4) is 0 Å². The Morgan fingerprint density at radius 3 is 2.60 bits per heavy atom. The Labute approximate surface area is 130 Å². The number of amides is 1. The molecule has 0 saturated carbocycles. The van der Waals surface area contributed by atoms with Crippen LogP contribution in [0.1, 0.15) is 21.5 Å². The van der Waals surface area contributed by atoms with Gasteiger partial charge in [-0.05, 0) is 71.8 Å². The van der Waals surface area contributed by atoms with Crippen LogP contribution in [0.15, 0.2) is 30.3 Å². The Kier molecular flexibility index (Phi) is 4.27. The minimum Gasteiger partial charge on any atom is -0.397 e. The van der Waals surface area contributed by atoms with Crippen molar-refractivity contribution >= 4 is 39.9 Å². The summed E-state index contributed by atoms with van der Waals surface area (Å²) < 4.78 is 13.6. The van der Waals surface area contributed by atoms with Crippen molar-refractivity contribution in [3.63, 3.8) is 0 Å². The third kappa shape index (κ3) is 2.92. The van der Waals surface area contributed by atoms with E-state index in [2.05, 4.69) is 5.32 Å². The molecule has 0 atom stereocenters. The highest BCUT2D eigenvalue weighted by Crippen LogP contribution is 2.27. The van der Waals surface area contributed by atoms with Crippen molar-refractivity contribution < 1.29 is 9.18 Å². The molecule has 0 fully saturated rings. The van der Waals surface area contributed by atoms with Crippen LogP contribution in [-0.2, 0) is 0 Å². The minimum atomic E-state index is -0.364. The van der Waals surface area contributed by atoms with E-state index in [1.54, 1.807) is 6.07 Å². The largest absolute Gasteiger partial charge is 0.397 e. The maximum atomic E-state index is 13.1. The fourth-order valence-corrected chi connectivity index (χ4v) is 2.58. The van der Waals surface area contributed by atoms with E-state index in [9.17, 15) is 9.18 Å². The number of nitrogens with two attached hydrogens (primary N) is 1. The van der Waals surface area contributed by atoms with Crippen LogP contribution in [0.2, 0.25) is 0 Å². The van der Waals surface area contributed by atoms with Gasteiger partial charge in [-0.2, -0.15) is 0 Å². The number of carbonyl (C=O) groups excluding carboxylic acids is 1. The Morgan fingerprint density at radius 2 is 1.95 bits per heavy atom. The van der Waals surface area contributed by atoms with Gasteiger partial charge in [0.05, 0.1) is 16.9 Å². The van der Waals surface area contributed by atoms with Crippen LogP contribution in [0, 0.1) is 23.2 Å². The number of halogens is 2. The summed E-state index contributed by atoms with van der Waals surface area (Å²) in [6, 6.07) is 7.72. The first kappa shape index (κ1) is 14.8. The first-order valence-electron chi connectivity index (χ1n) is 6.02. The summed E-state index contributed by atoms with van der Waals surface area (Å²) in [7, 11) is 0. The van der Waals surface area contributed by atoms with E-state index in [0.717, 1.165) is 11.1 Å². The highest BCUT2D eigenvalue weighted by molar-refractivity contribution is 14.1. The van der Waals surface area contributed by atoms with Gasteiger partial charge in [0.15, 0.2) is 0 Å². The van der Waals surface area contributed by atoms with E-state index >= 15 is 0 Å². The number of aryl methyl sites for hydroxylation is 1. The number of nitrogens with one attached hydrogen (secondary N) is 1. The molecule has 0 unspecified atom stereocenters. The van der Waals surface area contributed by atoms with Crippen LogP contribution >= 0.6 is 22.6 Å². The number of hydrogen-bond acceptors (Lipinski definition) is 2. The third-order valence-corrected chi connectivity index (χ3v) is 4.07. The number of carbonyl (C=O) groups is 1. The molecule has 20 heavy (non-hydrogen) atoms. The second-order valence-electron chi connectivity index (χ2n) is 4.55. The molecular weight excluding hydrogens is 370 g/mol. The molecule has 3 nitrogen and oxygen atoms in total.